The van der Waals surface area contributed by atoms with Gasteiger partial charge in [0.05, 0.1) is 6.10 Å². The van der Waals surface area contributed by atoms with Crippen molar-refractivity contribution in [2.75, 3.05) is 6.54 Å². The minimum absolute atomic E-state index is 0.171. The first kappa shape index (κ1) is 14.2. The molecule has 1 aromatic rings. The van der Waals surface area contributed by atoms with E-state index in [4.69, 9.17) is 5.11 Å². The van der Waals surface area contributed by atoms with Gasteiger partial charge in [0.25, 0.3) is 5.91 Å². The zero-order chi connectivity index (χ0) is 13.5. The maximum atomic E-state index is 11.8. The number of aliphatic hydroxyl groups excluding tert-OH is 1. The molecule has 0 saturated carbocycles. The van der Waals surface area contributed by atoms with Crippen molar-refractivity contribution in [3.63, 3.8) is 0 Å². The van der Waals surface area contributed by atoms with Gasteiger partial charge < -0.3 is 15.7 Å². The van der Waals surface area contributed by atoms with E-state index >= 15 is 0 Å². The predicted molar refractivity (Wildman–Crippen MR) is 68.1 cm³/mol. The minimum Gasteiger partial charge on any atom is -0.392 e. The number of amides is 2. The average molecular weight is 250 g/mol. The third kappa shape index (κ3) is 4.55. The van der Waals surface area contributed by atoms with Crippen molar-refractivity contribution in [2.45, 2.75) is 26.0 Å². The van der Waals surface area contributed by atoms with Crippen molar-refractivity contribution in [1.29, 1.82) is 0 Å². The first-order chi connectivity index (χ1) is 8.50. The summed E-state index contributed by atoms with van der Waals surface area (Å²) in [6.07, 6.45) is -0.606. The molecule has 98 valence electrons. The SMILES string of the molecule is CC(O)CNC(=O)C(C)NC(=O)c1ccccc1. The topological polar surface area (TPSA) is 78.4 Å². The molecule has 0 heterocycles. The fraction of sp³-hybridized carbons (Fsp3) is 0.385. The number of nitrogens with one attached hydrogen (secondary N) is 2. The Hall–Kier alpha value is -1.88. The summed E-state index contributed by atoms with van der Waals surface area (Å²) in [5.41, 5.74) is 0.507. The number of hydrogen-bond donors (Lipinski definition) is 3. The molecule has 0 aliphatic heterocycles. The molecule has 2 amide bonds. The van der Waals surface area contributed by atoms with E-state index in [1.54, 1.807) is 38.1 Å². The molecule has 0 radical (unpaired) electrons. The normalized spacial score (nSPS) is 13.5. The Morgan fingerprint density at radius 3 is 2.39 bits per heavy atom. The lowest BCUT2D eigenvalue weighted by Gasteiger charge is -2.14. The molecule has 1 rings (SSSR count). The summed E-state index contributed by atoms with van der Waals surface area (Å²) >= 11 is 0. The van der Waals surface area contributed by atoms with Crippen molar-refractivity contribution in [2.24, 2.45) is 0 Å². The van der Waals surface area contributed by atoms with Crippen LogP contribution >= 0.6 is 0 Å². The van der Waals surface area contributed by atoms with Crippen LogP contribution in [-0.4, -0.2) is 35.6 Å². The fourth-order valence-corrected chi connectivity index (χ4v) is 1.34. The molecule has 2 atom stereocenters. The van der Waals surface area contributed by atoms with E-state index in [9.17, 15) is 9.59 Å². The van der Waals surface area contributed by atoms with Crippen LogP contribution < -0.4 is 10.6 Å². The lowest BCUT2D eigenvalue weighted by molar-refractivity contribution is -0.123. The summed E-state index contributed by atoms with van der Waals surface area (Å²) in [7, 11) is 0. The highest BCUT2D eigenvalue weighted by Crippen LogP contribution is 1.98. The lowest BCUT2D eigenvalue weighted by atomic mass is 10.2. The van der Waals surface area contributed by atoms with Crippen molar-refractivity contribution >= 4 is 11.8 Å². The van der Waals surface area contributed by atoms with E-state index in [-0.39, 0.29) is 18.4 Å². The van der Waals surface area contributed by atoms with E-state index in [2.05, 4.69) is 10.6 Å². The second-order valence-electron chi connectivity index (χ2n) is 4.16. The zero-order valence-corrected chi connectivity index (χ0v) is 10.5. The van der Waals surface area contributed by atoms with Crippen LogP contribution in [0.25, 0.3) is 0 Å². The van der Waals surface area contributed by atoms with Gasteiger partial charge in [-0.1, -0.05) is 18.2 Å². The number of aliphatic hydroxyl groups is 1. The molecule has 0 aliphatic rings. The van der Waals surface area contributed by atoms with Crippen LogP contribution in [0.2, 0.25) is 0 Å². The molecule has 0 bridgehead atoms. The third-order valence-electron chi connectivity index (χ3n) is 2.35. The van der Waals surface area contributed by atoms with Crippen LogP contribution in [0.3, 0.4) is 0 Å². The molecule has 0 fully saturated rings. The molecule has 0 aliphatic carbocycles. The van der Waals surface area contributed by atoms with Crippen LogP contribution in [0.5, 0.6) is 0 Å². The Labute approximate surface area is 106 Å². The molecule has 18 heavy (non-hydrogen) atoms. The summed E-state index contributed by atoms with van der Waals surface area (Å²) < 4.78 is 0. The highest BCUT2D eigenvalue weighted by molar-refractivity contribution is 5.97. The van der Waals surface area contributed by atoms with Crippen molar-refractivity contribution in [3.8, 4) is 0 Å². The van der Waals surface area contributed by atoms with Crippen LogP contribution in [0.4, 0.5) is 0 Å². The average Bonchev–Trinajstić information content (AvgIpc) is 2.36. The van der Waals surface area contributed by atoms with E-state index in [0.717, 1.165) is 0 Å². The van der Waals surface area contributed by atoms with Crippen molar-refractivity contribution < 1.29 is 14.7 Å². The van der Waals surface area contributed by atoms with Crippen molar-refractivity contribution in [1.82, 2.24) is 10.6 Å². The van der Waals surface area contributed by atoms with Crippen LogP contribution in [0.1, 0.15) is 24.2 Å². The molecular formula is C13H18N2O3. The summed E-state index contributed by atoms with van der Waals surface area (Å²) in [4.78, 5) is 23.3. The number of benzene rings is 1. The van der Waals surface area contributed by atoms with Gasteiger partial charge >= 0.3 is 0 Å². The first-order valence-corrected chi connectivity index (χ1v) is 5.82. The van der Waals surface area contributed by atoms with Crippen LogP contribution in [0.15, 0.2) is 30.3 Å². The van der Waals surface area contributed by atoms with Gasteiger partial charge in [0.15, 0.2) is 0 Å². The molecule has 1 aromatic carbocycles. The third-order valence-corrected chi connectivity index (χ3v) is 2.35. The molecule has 0 saturated heterocycles. The number of carbonyl (C=O) groups is 2. The van der Waals surface area contributed by atoms with Gasteiger partial charge in [-0.15, -0.1) is 0 Å². The lowest BCUT2D eigenvalue weighted by Crippen LogP contribution is -2.46. The van der Waals surface area contributed by atoms with Crippen molar-refractivity contribution in [3.05, 3.63) is 35.9 Å². The van der Waals surface area contributed by atoms with E-state index in [1.807, 2.05) is 6.07 Å². The van der Waals surface area contributed by atoms with Gasteiger partial charge in [-0.05, 0) is 26.0 Å². The Bertz CT molecular complexity index is 404. The monoisotopic (exact) mass is 250 g/mol. The second-order valence-corrected chi connectivity index (χ2v) is 4.16. The molecule has 2 unspecified atom stereocenters. The molecular weight excluding hydrogens is 232 g/mol. The Balaban J connectivity index is 2.47. The Morgan fingerprint density at radius 2 is 1.83 bits per heavy atom. The van der Waals surface area contributed by atoms with Gasteiger partial charge in [-0.25, -0.2) is 0 Å². The van der Waals surface area contributed by atoms with E-state index in [1.165, 1.54) is 0 Å². The maximum Gasteiger partial charge on any atom is 0.251 e. The van der Waals surface area contributed by atoms with Gasteiger partial charge in [-0.2, -0.15) is 0 Å². The fourth-order valence-electron chi connectivity index (χ4n) is 1.34. The van der Waals surface area contributed by atoms with Gasteiger partial charge in [0.2, 0.25) is 5.91 Å². The summed E-state index contributed by atoms with van der Waals surface area (Å²) in [5.74, 6) is -0.615. The summed E-state index contributed by atoms with van der Waals surface area (Å²) in [6, 6.07) is 8.04. The van der Waals surface area contributed by atoms with Gasteiger partial charge in [-0.3, -0.25) is 9.59 Å². The van der Waals surface area contributed by atoms with Gasteiger partial charge in [0.1, 0.15) is 6.04 Å². The summed E-state index contributed by atoms with van der Waals surface area (Å²) in [6.45, 7) is 3.34. The minimum atomic E-state index is -0.642. The predicted octanol–water partition coefficient (Wildman–Crippen LogP) is 0.302. The van der Waals surface area contributed by atoms with E-state index in [0.29, 0.717) is 5.56 Å². The standard InChI is InChI=1S/C13H18N2O3/c1-9(16)8-14-12(17)10(2)15-13(18)11-6-4-3-5-7-11/h3-7,9-10,16H,8H2,1-2H3,(H,14,17)(H,15,18). The first-order valence-electron chi connectivity index (χ1n) is 5.82. The molecule has 3 N–H and O–H groups in total. The molecule has 5 nitrogen and oxygen atoms in total. The Kier molecular flexibility index (Phi) is 5.32. The quantitative estimate of drug-likeness (QED) is 0.703. The number of rotatable bonds is 5. The molecule has 5 heteroatoms. The highest BCUT2D eigenvalue weighted by atomic mass is 16.3. The maximum absolute atomic E-state index is 11.8. The smallest absolute Gasteiger partial charge is 0.251 e. The van der Waals surface area contributed by atoms with Gasteiger partial charge in [0, 0.05) is 12.1 Å². The number of hydrogen-bond acceptors (Lipinski definition) is 3. The molecule has 0 aromatic heterocycles. The van der Waals surface area contributed by atoms with Crippen LogP contribution in [-0.2, 0) is 4.79 Å². The van der Waals surface area contributed by atoms with Crippen LogP contribution in [0, 0.1) is 0 Å². The second kappa shape index (κ2) is 6.76. The summed E-state index contributed by atoms with van der Waals surface area (Å²) in [5, 5.41) is 14.2. The Morgan fingerprint density at radius 1 is 1.22 bits per heavy atom. The zero-order valence-electron chi connectivity index (χ0n) is 10.5. The van der Waals surface area contributed by atoms with E-state index < -0.39 is 12.1 Å². The highest BCUT2D eigenvalue weighted by Gasteiger charge is 2.16. The largest absolute Gasteiger partial charge is 0.392 e. The number of carbonyl (C=O) groups excluding carboxylic acids is 2. The molecule has 0 spiro atoms.